The molecule has 1 saturated carbocycles. The van der Waals surface area contributed by atoms with Crippen LogP contribution < -0.4 is 5.73 Å². The minimum atomic E-state index is 0.264. The van der Waals surface area contributed by atoms with Gasteiger partial charge in [-0.1, -0.05) is 56.5 Å². The maximum absolute atomic E-state index is 6.42. The van der Waals surface area contributed by atoms with Crippen LogP contribution in [-0.2, 0) is 0 Å². The molecule has 1 nitrogen and oxygen atoms in total. The molecule has 2 rings (SSSR count). The fourth-order valence-electron chi connectivity index (χ4n) is 3.11. The van der Waals surface area contributed by atoms with E-state index in [4.69, 9.17) is 5.73 Å². The maximum Gasteiger partial charge on any atom is 0.0451 e. The van der Waals surface area contributed by atoms with E-state index in [1.807, 2.05) is 0 Å². The standard InChI is InChI=1S/C18H29NS/c1-4-17(19)18(15-10-8-13(2)9-11-15)20-16-7-5-6-14(3)12-16/h8-11,14,16-18H,4-7,12,19H2,1-3H3. The normalized spacial score (nSPS) is 26.2. The quantitative estimate of drug-likeness (QED) is 0.818. The molecule has 1 aliphatic carbocycles. The van der Waals surface area contributed by atoms with Gasteiger partial charge < -0.3 is 5.73 Å². The highest BCUT2D eigenvalue weighted by atomic mass is 32.2. The zero-order valence-corrected chi connectivity index (χ0v) is 14.0. The SMILES string of the molecule is CCC(N)C(SC1CCCC(C)C1)c1ccc(C)cc1. The van der Waals surface area contributed by atoms with Gasteiger partial charge in [0.25, 0.3) is 0 Å². The zero-order chi connectivity index (χ0) is 14.5. The van der Waals surface area contributed by atoms with Crippen molar-refractivity contribution >= 4 is 11.8 Å². The van der Waals surface area contributed by atoms with E-state index in [1.54, 1.807) is 0 Å². The van der Waals surface area contributed by atoms with E-state index in [-0.39, 0.29) is 6.04 Å². The van der Waals surface area contributed by atoms with Gasteiger partial charge in [0.05, 0.1) is 0 Å². The van der Waals surface area contributed by atoms with Crippen molar-refractivity contribution in [2.45, 2.75) is 69.4 Å². The molecular formula is C18H29NS. The van der Waals surface area contributed by atoms with Gasteiger partial charge in [0.2, 0.25) is 0 Å². The predicted octanol–water partition coefficient (Wildman–Crippen LogP) is 5.09. The summed E-state index contributed by atoms with van der Waals surface area (Å²) < 4.78 is 0. The molecule has 4 unspecified atom stereocenters. The Labute approximate surface area is 128 Å². The smallest absolute Gasteiger partial charge is 0.0451 e. The van der Waals surface area contributed by atoms with E-state index in [1.165, 1.54) is 36.8 Å². The molecule has 1 fully saturated rings. The highest BCUT2D eigenvalue weighted by molar-refractivity contribution is 8.00. The Morgan fingerprint density at radius 3 is 2.55 bits per heavy atom. The highest BCUT2D eigenvalue weighted by Crippen LogP contribution is 2.42. The van der Waals surface area contributed by atoms with Gasteiger partial charge in [0.1, 0.15) is 0 Å². The van der Waals surface area contributed by atoms with Crippen molar-refractivity contribution in [1.29, 1.82) is 0 Å². The van der Waals surface area contributed by atoms with E-state index in [0.717, 1.165) is 17.6 Å². The summed E-state index contributed by atoms with van der Waals surface area (Å²) in [5.41, 5.74) is 9.16. The fraction of sp³-hybridized carbons (Fsp3) is 0.667. The Hall–Kier alpha value is -0.470. The largest absolute Gasteiger partial charge is 0.326 e. The van der Waals surface area contributed by atoms with Crippen molar-refractivity contribution in [2.24, 2.45) is 11.7 Å². The van der Waals surface area contributed by atoms with Crippen molar-refractivity contribution in [1.82, 2.24) is 0 Å². The Balaban J connectivity index is 2.09. The first-order valence-electron chi connectivity index (χ1n) is 8.07. The Bertz CT molecular complexity index is 400. The van der Waals surface area contributed by atoms with Crippen molar-refractivity contribution < 1.29 is 0 Å². The third kappa shape index (κ3) is 4.26. The van der Waals surface area contributed by atoms with Crippen LogP contribution in [0.2, 0.25) is 0 Å². The number of thioether (sulfide) groups is 1. The summed E-state index contributed by atoms with van der Waals surface area (Å²) in [6.07, 6.45) is 6.58. The first kappa shape index (κ1) is 15.9. The van der Waals surface area contributed by atoms with Crippen LogP contribution in [0.4, 0.5) is 0 Å². The summed E-state index contributed by atoms with van der Waals surface area (Å²) in [6, 6.07) is 9.24. The van der Waals surface area contributed by atoms with Crippen LogP contribution in [0.15, 0.2) is 24.3 Å². The van der Waals surface area contributed by atoms with E-state index < -0.39 is 0 Å². The van der Waals surface area contributed by atoms with Crippen molar-refractivity contribution in [2.75, 3.05) is 0 Å². The van der Waals surface area contributed by atoms with Gasteiger partial charge in [-0.15, -0.1) is 11.8 Å². The number of benzene rings is 1. The van der Waals surface area contributed by atoms with Gasteiger partial charge in [0, 0.05) is 16.5 Å². The summed E-state index contributed by atoms with van der Waals surface area (Å²) in [6.45, 7) is 6.75. The summed E-state index contributed by atoms with van der Waals surface area (Å²) in [5, 5.41) is 1.25. The number of rotatable bonds is 5. The Morgan fingerprint density at radius 2 is 1.95 bits per heavy atom. The first-order valence-corrected chi connectivity index (χ1v) is 9.02. The van der Waals surface area contributed by atoms with Gasteiger partial charge in [-0.25, -0.2) is 0 Å². The molecule has 0 aromatic heterocycles. The lowest BCUT2D eigenvalue weighted by Crippen LogP contribution is -2.28. The molecule has 0 radical (unpaired) electrons. The lowest BCUT2D eigenvalue weighted by molar-refractivity contribution is 0.393. The van der Waals surface area contributed by atoms with E-state index >= 15 is 0 Å². The van der Waals surface area contributed by atoms with Gasteiger partial charge >= 0.3 is 0 Å². The topological polar surface area (TPSA) is 26.0 Å². The zero-order valence-electron chi connectivity index (χ0n) is 13.1. The third-order valence-electron chi connectivity index (χ3n) is 4.49. The summed E-state index contributed by atoms with van der Waals surface area (Å²) in [7, 11) is 0. The van der Waals surface area contributed by atoms with E-state index in [0.29, 0.717) is 5.25 Å². The van der Waals surface area contributed by atoms with Crippen molar-refractivity contribution in [3.63, 3.8) is 0 Å². The molecule has 0 bridgehead atoms. The van der Waals surface area contributed by atoms with Gasteiger partial charge in [0.15, 0.2) is 0 Å². The van der Waals surface area contributed by atoms with Crippen molar-refractivity contribution in [3.05, 3.63) is 35.4 Å². The van der Waals surface area contributed by atoms with Crippen LogP contribution in [0.5, 0.6) is 0 Å². The molecular weight excluding hydrogens is 262 g/mol. The summed E-state index contributed by atoms with van der Waals surface area (Å²) in [4.78, 5) is 0. The van der Waals surface area contributed by atoms with Gasteiger partial charge in [-0.05, 0) is 37.7 Å². The monoisotopic (exact) mass is 291 g/mol. The van der Waals surface area contributed by atoms with Gasteiger partial charge in [-0.2, -0.15) is 0 Å². The summed E-state index contributed by atoms with van der Waals surface area (Å²) >= 11 is 2.14. The number of nitrogens with two attached hydrogens (primary N) is 1. The highest BCUT2D eigenvalue weighted by Gasteiger charge is 2.26. The third-order valence-corrected chi connectivity index (χ3v) is 6.22. The Kier molecular flexibility index (Phi) is 5.98. The summed E-state index contributed by atoms with van der Waals surface area (Å²) in [5.74, 6) is 0.887. The molecule has 0 heterocycles. The minimum Gasteiger partial charge on any atom is -0.326 e. The molecule has 0 spiro atoms. The Morgan fingerprint density at radius 1 is 1.25 bits per heavy atom. The molecule has 2 heteroatoms. The molecule has 20 heavy (non-hydrogen) atoms. The molecule has 2 N–H and O–H groups in total. The molecule has 0 amide bonds. The second kappa shape index (κ2) is 7.51. The van der Waals surface area contributed by atoms with Crippen molar-refractivity contribution in [3.8, 4) is 0 Å². The number of hydrogen-bond donors (Lipinski definition) is 1. The lowest BCUT2D eigenvalue weighted by atomic mass is 9.90. The molecule has 0 saturated heterocycles. The van der Waals surface area contributed by atoms with Gasteiger partial charge in [-0.3, -0.25) is 0 Å². The van der Waals surface area contributed by atoms with Crippen LogP contribution in [0.3, 0.4) is 0 Å². The molecule has 1 aromatic rings. The molecule has 4 atom stereocenters. The van der Waals surface area contributed by atoms with Crippen LogP contribution in [0.1, 0.15) is 62.3 Å². The number of aryl methyl sites for hydroxylation is 1. The maximum atomic E-state index is 6.42. The number of hydrogen-bond acceptors (Lipinski definition) is 2. The van der Waals surface area contributed by atoms with Crippen LogP contribution in [0.25, 0.3) is 0 Å². The second-order valence-corrected chi connectivity index (χ2v) is 7.88. The fourth-order valence-corrected chi connectivity index (χ4v) is 4.97. The van der Waals surface area contributed by atoms with Crippen LogP contribution in [0, 0.1) is 12.8 Å². The first-order chi connectivity index (χ1) is 9.60. The minimum absolute atomic E-state index is 0.264. The molecule has 1 aliphatic rings. The average Bonchev–Trinajstić information content (AvgIpc) is 2.45. The lowest BCUT2D eigenvalue weighted by Gasteiger charge is -2.32. The molecule has 0 aliphatic heterocycles. The average molecular weight is 292 g/mol. The van der Waals surface area contributed by atoms with E-state index in [9.17, 15) is 0 Å². The molecule has 1 aromatic carbocycles. The predicted molar refractivity (Wildman–Crippen MR) is 91.2 cm³/mol. The molecule has 112 valence electrons. The van der Waals surface area contributed by atoms with Crippen LogP contribution in [-0.4, -0.2) is 11.3 Å². The van der Waals surface area contributed by atoms with Crippen LogP contribution >= 0.6 is 11.8 Å². The van der Waals surface area contributed by atoms with E-state index in [2.05, 4.69) is 56.8 Å². The second-order valence-electron chi connectivity index (χ2n) is 6.43.